The fourth-order valence-corrected chi connectivity index (χ4v) is 0.878. The van der Waals surface area contributed by atoms with Gasteiger partial charge in [0, 0.05) is 0 Å². The van der Waals surface area contributed by atoms with Crippen molar-refractivity contribution in [3.05, 3.63) is 29.3 Å². The van der Waals surface area contributed by atoms with Crippen molar-refractivity contribution in [1.82, 2.24) is 0 Å². The third-order valence-electron chi connectivity index (χ3n) is 0.580. The first-order valence-corrected chi connectivity index (χ1v) is 2.68. The molecule has 0 saturated heterocycles. The molecule has 8 heavy (non-hydrogen) atoms. The van der Waals surface area contributed by atoms with Crippen LogP contribution in [0.15, 0.2) is 16.8 Å². The molecule has 0 unspecified atom stereocenters. The fraction of sp³-hybridized carbons (Fsp3) is 0. The van der Waals surface area contributed by atoms with E-state index in [4.69, 9.17) is 0 Å². The minimum Gasteiger partial charge on any atom is -1.00 e. The Morgan fingerprint density at radius 3 is 2.25 bits per heavy atom. The Balaban J connectivity index is 0. The molecule has 0 spiro atoms. The van der Waals surface area contributed by atoms with E-state index >= 15 is 0 Å². The average molecular weight is 198 g/mol. The molecule has 3 heteroatoms. The summed E-state index contributed by atoms with van der Waals surface area (Å²) in [6, 6.07) is 1.99. The number of thiophene rings is 1. The van der Waals surface area contributed by atoms with Gasteiger partial charge in [-0.15, -0.1) is 5.38 Å². The summed E-state index contributed by atoms with van der Waals surface area (Å²) in [7, 11) is 0. The quantitative estimate of drug-likeness (QED) is 0.368. The maximum atomic E-state index is 3.69. The molecule has 0 aliphatic rings. The maximum absolute atomic E-state index is 3.69. The Kier molecular flexibility index (Phi) is 7.94. The second kappa shape index (κ2) is 5.62. The molecule has 0 aromatic carbocycles. The van der Waals surface area contributed by atoms with Gasteiger partial charge in [-0.2, -0.15) is 18.6 Å². The molecule has 0 N–H and O–H groups in total. The van der Waals surface area contributed by atoms with Crippen molar-refractivity contribution in [2.24, 2.45) is 0 Å². The Morgan fingerprint density at radius 2 is 2.12 bits per heavy atom. The van der Waals surface area contributed by atoms with Gasteiger partial charge in [0.25, 0.3) is 0 Å². The van der Waals surface area contributed by atoms with Crippen LogP contribution in [0.4, 0.5) is 0 Å². The smallest absolute Gasteiger partial charge is 1.00 e. The van der Waals surface area contributed by atoms with Gasteiger partial charge in [-0.25, -0.2) is 11.3 Å². The topological polar surface area (TPSA) is 0 Å². The molecule has 1 heterocycles. The summed E-state index contributed by atoms with van der Waals surface area (Å²) >= 11 is 1.68. The molecule has 40 valence electrons. The molecule has 1 aromatic heterocycles. The number of hydrogen-bond acceptors (Lipinski definition) is 1. The number of rotatable bonds is 0. The van der Waals surface area contributed by atoms with Gasteiger partial charge < -0.3 is 12.4 Å². The van der Waals surface area contributed by atoms with Crippen LogP contribution in [0.1, 0.15) is 5.56 Å². The van der Waals surface area contributed by atoms with E-state index in [0.717, 1.165) is 5.56 Å². The average Bonchev–Trinajstić information content (AvgIpc) is 1.86. The zero-order valence-corrected chi connectivity index (χ0v) is 8.97. The Labute approximate surface area is 72.5 Å². The Hall–Kier alpha value is 0.483. The van der Waals surface area contributed by atoms with Gasteiger partial charge in [0.2, 0.25) is 0 Å². The van der Waals surface area contributed by atoms with Gasteiger partial charge in [0.05, 0.1) is 0 Å². The summed E-state index contributed by atoms with van der Waals surface area (Å²) in [5.41, 5.74) is 1.11. The van der Waals surface area contributed by atoms with Gasteiger partial charge in [-0.3, -0.25) is 0 Å². The Bertz CT molecular complexity index is 116. The van der Waals surface area contributed by atoms with Crippen LogP contribution in [0.25, 0.3) is 0 Å². The summed E-state index contributed by atoms with van der Waals surface area (Å²) in [6.45, 7) is 3.69. The zero-order chi connectivity index (χ0) is 4.41. The van der Waals surface area contributed by atoms with Gasteiger partial charge >= 0.3 is 19.5 Å². The predicted octanol–water partition coefficient (Wildman–Crippen LogP) is -1.07. The maximum Gasteiger partial charge on any atom is 2.00 e. The van der Waals surface area contributed by atoms with Crippen molar-refractivity contribution in [2.45, 2.75) is 0 Å². The van der Waals surface area contributed by atoms with Crippen LogP contribution in [0.5, 0.6) is 0 Å². The van der Waals surface area contributed by atoms with Crippen LogP contribution in [-0.2, 0) is 19.5 Å². The number of halogens is 1. The van der Waals surface area contributed by atoms with Crippen molar-refractivity contribution >= 4 is 11.3 Å². The first-order chi connectivity index (χ1) is 2.89. The van der Waals surface area contributed by atoms with Crippen LogP contribution in [0.3, 0.4) is 0 Å². The molecule has 0 atom stereocenters. The molecule has 0 saturated carbocycles. The van der Waals surface area contributed by atoms with Crippen molar-refractivity contribution in [3.8, 4) is 0 Å². The standard InChI is InChI=1S/C5H5S.ClH.Zn/c1-5-2-3-6-4-5;;/h2-4H,1H2;1H;/q-1;;+2/p-1. The monoisotopic (exact) mass is 196 g/mol. The van der Waals surface area contributed by atoms with Gasteiger partial charge in [0.15, 0.2) is 0 Å². The molecule has 1 rings (SSSR count). The SMILES string of the molecule is [CH2-]c1ccsc1.[Cl-].[Zn+2]. The van der Waals surface area contributed by atoms with E-state index in [1.165, 1.54) is 0 Å². The van der Waals surface area contributed by atoms with Crippen LogP contribution < -0.4 is 12.4 Å². The van der Waals surface area contributed by atoms with Crippen LogP contribution >= 0.6 is 11.3 Å². The molecule has 0 fully saturated rings. The largest absolute Gasteiger partial charge is 2.00 e. The summed E-state index contributed by atoms with van der Waals surface area (Å²) in [4.78, 5) is 0. The van der Waals surface area contributed by atoms with Crippen LogP contribution in [0, 0.1) is 6.92 Å². The van der Waals surface area contributed by atoms with E-state index in [2.05, 4.69) is 6.92 Å². The molecule has 1 aromatic rings. The van der Waals surface area contributed by atoms with Crippen molar-refractivity contribution < 1.29 is 31.9 Å². The minimum absolute atomic E-state index is 0. The minimum atomic E-state index is 0. The van der Waals surface area contributed by atoms with E-state index in [9.17, 15) is 0 Å². The van der Waals surface area contributed by atoms with Gasteiger partial charge in [-0.05, 0) is 0 Å². The van der Waals surface area contributed by atoms with Crippen LogP contribution in [0.2, 0.25) is 0 Å². The molecular formula is C5H5ClSZn. The summed E-state index contributed by atoms with van der Waals surface area (Å²) in [5.74, 6) is 0. The van der Waals surface area contributed by atoms with Crippen molar-refractivity contribution in [2.75, 3.05) is 0 Å². The molecular weight excluding hydrogens is 193 g/mol. The second-order valence-electron chi connectivity index (χ2n) is 1.13. The van der Waals surface area contributed by atoms with E-state index in [-0.39, 0.29) is 31.9 Å². The molecule has 0 bridgehead atoms. The van der Waals surface area contributed by atoms with Crippen molar-refractivity contribution in [1.29, 1.82) is 0 Å². The summed E-state index contributed by atoms with van der Waals surface area (Å²) in [5, 5.41) is 4.03. The van der Waals surface area contributed by atoms with Crippen LogP contribution in [-0.4, -0.2) is 0 Å². The van der Waals surface area contributed by atoms with E-state index < -0.39 is 0 Å². The molecule has 0 nitrogen and oxygen atoms in total. The van der Waals surface area contributed by atoms with E-state index in [1.54, 1.807) is 11.3 Å². The first-order valence-electron chi connectivity index (χ1n) is 1.74. The van der Waals surface area contributed by atoms with E-state index in [1.807, 2.05) is 16.8 Å². The predicted molar refractivity (Wildman–Crippen MR) is 28.8 cm³/mol. The normalized spacial score (nSPS) is 6.50. The van der Waals surface area contributed by atoms with Gasteiger partial charge in [0.1, 0.15) is 0 Å². The molecule has 0 aliphatic heterocycles. The summed E-state index contributed by atoms with van der Waals surface area (Å²) in [6.07, 6.45) is 0. The second-order valence-corrected chi connectivity index (χ2v) is 1.91. The fourth-order valence-electron chi connectivity index (χ4n) is 0.293. The molecule has 0 aliphatic carbocycles. The third kappa shape index (κ3) is 3.48. The van der Waals surface area contributed by atoms with Crippen molar-refractivity contribution in [3.63, 3.8) is 0 Å². The van der Waals surface area contributed by atoms with E-state index in [0.29, 0.717) is 0 Å². The zero-order valence-electron chi connectivity index (χ0n) is 4.43. The molecule has 0 radical (unpaired) electrons. The van der Waals surface area contributed by atoms with Gasteiger partial charge in [-0.1, -0.05) is 5.38 Å². The summed E-state index contributed by atoms with van der Waals surface area (Å²) < 4.78 is 0. The number of hydrogen-bond donors (Lipinski definition) is 0. The first kappa shape index (κ1) is 11.3. The molecule has 0 amide bonds. The third-order valence-corrected chi connectivity index (χ3v) is 1.31. The Morgan fingerprint density at radius 1 is 1.50 bits per heavy atom.